The second-order valence-corrected chi connectivity index (χ2v) is 1.16. The Balaban J connectivity index is 0. The van der Waals surface area contributed by atoms with E-state index in [1.165, 1.54) is 13.3 Å². The summed E-state index contributed by atoms with van der Waals surface area (Å²) in [6.45, 7) is 1.66. The molecule has 1 N–H and O–H groups in total. The van der Waals surface area contributed by atoms with Crippen molar-refractivity contribution in [1.82, 2.24) is 0 Å². The number of hydrogen-bond donors (Lipinski definition) is 1. The van der Waals surface area contributed by atoms with Crippen LogP contribution in [0.4, 0.5) is 0 Å². The summed E-state index contributed by atoms with van der Waals surface area (Å²) < 4.78 is 0. The van der Waals surface area contributed by atoms with Crippen molar-refractivity contribution in [2.75, 3.05) is 7.11 Å². The van der Waals surface area contributed by atoms with Crippen molar-refractivity contribution in [2.24, 2.45) is 10.3 Å². The minimum absolute atomic E-state index is 0. The Bertz CT molecular complexity index is 113. The third-order valence-electron chi connectivity index (χ3n) is 0.480. The zero-order valence-electron chi connectivity index (χ0n) is 5.16. The molecule has 0 heterocycles. The first kappa shape index (κ1) is 11.3. The van der Waals surface area contributed by atoms with Gasteiger partial charge in [-0.25, -0.2) is 0 Å². The maximum atomic E-state index is 7.90. The van der Waals surface area contributed by atoms with E-state index in [0.717, 1.165) is 0 Å². The Morgan fingerprint density at radius 2 is 2.22 bits per heavy atom. The van der Waals surface area contributed by atoms with Crippen LogP contribution in [-0.2, 0) is 21.6 Å². The Kier molecular flexibility index (Phi) is 9.32. The molecule has 0 aromatic carbocycles. The topological polar surface area (TPSA) is 54.2 Å². The smallest absolute Gasteiger partial charge is 0.106 e. The fourth-order valence-electron chi connectivity index (χ4n) is 0.251. The Morgan fingerprint density at radius 1 is 1.67 bits per heavy atom. The fraction of sp³-hybridized carbons (Fsp3) is 0.500. The quantitative estimate of drug-likeness (QED) is 0.376. The molecule has 0 saturated carbocycles. The van der Waals surface area contributed by atoms with Gasteiger partial charge in [0.05, 0.1) is 11.9 Å². The predicted molar refractivity (Wildman–Crippen MR) is 30.4 cm³/mol. The van der Waals surface area contributed by atoms with Crippen LogP contribution < -0.4 is 0 Å². The van der Waals surface area contributed by atoms with Gasteiger partial charge in [0.1, 0.15) is 7.11 Å². The first-order chi connectivity index (χ1) is 3.81. The van der Waals surface area contributed by atoms with Crippen molar-refractivity contribution in [1.29, 1.82) is 0 Å². The van der Waals surface area contributed by atoms with Gasteiger partial charge in [-0.15, -0.1) is 0 Å². The molecule has 0 spiro atoms. The molecule has 0 atom stereocenters. The van der Waals surface area contributed by atoms with Gasteiger partial charge < -0.3 is 10.0 Å². The molecule has 0 aliphatic rings. The molecule has 5 heteroatoms. The number of nitrogens with zero attached hydrogens (tertiary/aromatic N) is 2. The van der Waals surface area contributed by atoms with Crippen LogP contribution >= 0.6 is 0 Å². The largest absolute Gasteiger partial charge is 0.411 e. The summed E-state index contributed by atoms with van der Waals surface area (Å²) in [6.07, 6.45) is 1.18. The van der Waals surface area contributed by atoms with E-state index in [9.17, 15) is 0 Å². The summed E-state index contributed by atoms with van der Waals surface area (Å²) >= 11 is 0. The Labute approximate surface area is 63.8 Å². The molecule has 0 amide bonds. The Hall–Kier alpha value is -0.554. The molecule has 1 radical (unpaired) electrons. The summed E-state index contributed by atoms with van der Waals surface area (Å²) in [5.41, 5.74) is 0.523. The summed E-state index contributed by atoms with van der Waals surface area (Å²) in [4.78, 5) is 4.34. The maximum absolute atomic E-state index is 7.90. The maximum Gasteiger partial charge on any atom is 0.106 e. The van der Waals surface area contributed by atoms with Crippen LogP contribution in [0.2, 0.25) is 0 Å². The average molecular weight is 175 g/mol. The van der Waals surface area contributed by atoms with E-state index in [1.807, 2.05) is 0 Å². The zero-order chi connectivity index (χ0) is 6.41. The van der Waals surface area contributed by atoms with Gasteiger partial charge in [0.15, 0.2) is 0 Å². The van der Waals surface area contributed by atoms with Gasteiger partial charge in [-0.2, -0.15) is 0 Å². The molecule has 0 aromatic rings. The molecule has 4 nitrogen and oxygen atoms in total. The minimum atomic E-state index is 0. The van der Waals surface area contributed by atoms with Crippen molar-refractivity contribution in [3.63, 3.8) is 0 Å². The van der Waals surface area contributed by atoms with Crippen LogP contribution in [0, 0.1) is 0 Å². The van der Waals surface area contributed by atoms with Crippen LogP contribution in [0.3, 0.4) is 0 Å². The van der Waals surface area contributed by atoms with Gasteiger partial charge in [-0.1, -0.05) is 10.3 Å². The first-order valence-electron chi connectivity index (χ1n) is 2.06. The molecule has 0 aliphatic heterocycles. The third-order valence-corrected chi connectivity index (χ3v) is 0.480. The molecule has 0 unspecified atom stereocenters. The van der Waals surface area contributed by atoms with Crippen molar-refractivity contribution in [3.05, 3.63) is 0 Å². The molecule has 9 heavy (non-hydrogen) atoms. The SMILES string of the molecule is CON=C(C)C=NO.[Co]. The van der Waals surface area contributed by atoms with E-state index < -0.39 is 0 Å². The number of oxime groups is 2. The van der Waals surface area contributed by atoms with Gasteiger partial charge in [0.2, 0.25) is 0 Å². The molecule has 0 saturated heterocycles. The summed E-state index contributed by atoms with van der Waals surface area (Å²) in [5, 5.41) is 14.0. The summed E-state index contributed by atoms with van der Waals surface area (Å²) in [6, 6.07) is 0. The number of rotatable bonds is 2. The third kappa shape index (κ3) is 7.45. The summed E-state index contributed by atoms with van der Waals surface area (Å²) in [7, 11) is 1.43. The van der Waals surface area contributed by atoms with Crippen molar-refractivity contribution >= 4 is 11.9 Å². The predicted octanol–water partition coefficient (Wildman–Crippen LogP) is 0.466. The molecule has 0 aromatic heterocycles. The van der Waals surface area contributed by atoms with Crippen molar-refractivity contribution in [2.45, 2.75) is 6.92 Å². The van der Waals surface area contributed by atoms with Crippen LogP contribution in [0.15, 0.2) is 10.3 Å². The first-order valence-corrected chi connectivity index (χ1v) is 2.06. The van der Waals surface area contributed by atoms with E-state index >= 15 is 0 Å². The van der Waals surface area contributed by atoms with Gasteiger partial charge in [0, 0.05) is 16.8 Å². The van der Waals surface area contributed by atoms with Gasteiger partial charge in [-0.05, 0) is 6.92 Å². The molecule has 55 valence electrons. The van der Waals surface area contributed by atoms with E-state index in [2.05, 4.69) is 15.1 Å². The molecular weight excluding hydrogens is 167 g/mol. The fourth-order valence-corrected chi connectivity index (χ4v) is 0.251. The van der Waals surface area contributed by atoms with E-state index in [-0.39, 0.29) is 16.8 Å². The van der Waals surface area contributed by atoms with E-state index in [0.29, 0.717) is 5.71 Å². The Morgan fingerprint density at radius 3 is 2.56 bits per heavy atom. The van der Waals surface area contributed by atoms with Crippen LogP contribution in [0.25, 0.3) is 0 Å². The average Bonchev–Trinajstić information content (AvgIpc) is 1.68. The minimum Gasteiger partial charge on any atom is -0.411 e. The molecular formula is C4H8CoN2O2. The van der Waals surface area contributed by atoms with E-state index in [4.69, 9.17) is 5.21 Å². The standard InChI is InChI=1S/C4H8N2O2.Co/c1-4(3-5-7)6-8-2;/h3,7H,1-2H3;. The van der Waals surface area contributed by atoms with Gasteiger partial charge >= 0.3 is 0 Å². The van der Waals surface area contributed by atoms with Crippen LogP contribution in [0.1, 0.15) is 6.92 Å². The normalized spacial score (nSPS) is 11.1. The van der Waals surface area contributed by atoms with Gasteiger partial charge in [0.25, 0.3) is 0 Å². The monoisotopic (exact) mass is 175 g/mol. The van der Waals surface area contributed by atoms with Crippen LogP contribution in [0.5, 0.6) is 0 Å². The van der Waals surface area contributed by atoms with Crippen molar-refractivity contribution in [3.8, 4) is 0 Å². The van der Waals surface area contributed by atoms with Gasteiger partial charge in [-0.3, -0.25) is 0 Å². The molecule has 0 fully saturated rings. The molecule has 0 aliphatic carbocycles. The summed E-state index contributed by atoms with van der Waals surface area (Å²) in [5.74, 6) is 0. The van der Waals surface area contributed by atoms with E-state index in [1.54, 1.807) is 6.92 Å². The molecule has 0 bridgehead atoms. The second kappa shape index (κ2) is 7.45. The second-order valence-electron chi connectivity index (χ2n) is 1.16. The van der Waals surface area contributed by atoms with Crippen molar-refractivity contribution < 1.29 is 26.8 Å². The zero-order valence-corrected chi connectivity index (χ0v) is 6.20. The number of hydrogen-bond acceptors (Lipinski definition) is 4. The van der Waals surface area contributed by atoms with Crippen LogP contribution in [-0.4, -0.2) is 24.2 Å². The molecule has 0 rings (SSSR count).